The number of hydrogen-bond donors (Lipinski definition) is 1. The molecule has 0 saturated carbocycles. The second-order valence-corrected chi connectivity index (χ2v) is 4.96. The van der Waals surface area contributed by atoms with Crippen LogP contribution in [0.3, 0.4) is 0 Å². The van der Waals surface area contributed by atoms with Crippen LogP contribution in [0.15, 0.2) is 0 Å². The van der Waals surface area contributed by atoms with E-state index < -0.39 is 0 Å². The minimum absolute atomic E-state index is 0.0106. The summed E-state index contributed by atoms with van der Waals surface area (Å²) in [5.41, 5.74) is 5.53. The highest BCUT2D eigenvalue weighted by atomic mass is 32.1. The first-order valence-electron chi connectivity index (χ1n) is 5.59. The van der Waals surface area contributed by atoms with E-state index in [1.807, 2.05) is 13.8 Å². The Bertz CT molecular complexity index is 283. The number of ether oxygens (including phenoxy) is 1. The van der Waals surface area contributed by atoms with Gasteiger partial charge in [0.05, 0.1) is 17.0 Å². The number of nitrogens with zero attached hydrogens (tertiary/aromatic N) is 1. The first-order valence-corrected chi connectivity index (χ1v) is 6.00. The molecule has 1 amide bonds. The van der Waals surface area contributed by atoms with Gasteiger partial charge in [0.1, 0.15) is 0 Å². The number of carbonyl (C=O) groups is 1. The number of nitrogens with two attached hydrogens (primary N) is 1. The zero-order valence-electron chi connectivity index (χ0n) is 10.1. The van der Waals surface area contributed by atoms with E-state index in [9.17, 15) is 4.79 Å². The maximum Gasteiger partial charge on any atom is 0.228 e. The molecule has 1 saturated heterocycles. The van der Waals surface area contributed by atoms with Gasteiger partial charge < -0.3 is 15.4 Å². The van der Waals surface area contributed by atoms with E-state index in [0.717, 1.165) is 6.42 Å². The zero-order valence-corrected chi connectivity index (χ0v) is 10.9. The lowest BCUT2D eigenvalue weighted by atomic mass is 10.0. The van der Waals surface area contributed by atoms with Crippen LogP contribution in [0.4, 0.5) is 0 Å². The standard InChI is InChI=1S/C11H20N2O2S/c1-7(10(12)16)6-13(3)11(14)9-4-5-15-8(9)2/h7-9H,4-6H2,1-3H3,(H2,12,16). The van der Waals surface area contributed by atoms with Crippen LogP contribution in [-0.4, -0.2) is 42.1 Å². The average molecular weight is 244 g/mol. The van der Waals surface area contributed by atoms with Gasteiger partial charge in [-0.3, -0.25) is 4.79 Å². The van der Waals surface area contributed by atoms with Crippen molar-refractivity contribution in [1.29, 1.82) is 0 Å². The van der Waals surface area contributed by atoms with Gasteiger partial charge in [0.15, 0.2) is 0 Å². The van der Waals surface area contributed by atoms with Crippen LogP contribution < -0.4 is 5.73 Å². The molecule has 92 valence electrons. The van der Waals surface area contributed by atoms with E-state index in [4.69, 9.17) is 22.7 Å². The minimum atomic E-state index is -0.0106. The molecule has 0 bridgehead atoms. The summed E-state index contributed by atoms with van der Waals surface area (Å²) in [6.45, 7) is 5.13. The Morgan fingerprint density at radius 3 is 2.75 bits per heavy atom. The maximum absolute atomic E-state index is 12.1. The van der Waals surface area contributed by atoms with Gasteiger partial charge in [-0.25, -0.2) is 0 Å². The van der Waals surface area contributed by atoms with Crippen LogP contribution in [-0.2, 0) is 9.53 Å². The number of rotatable bonds is 4. The molecule has 1 aliphatic heterocycles. The van der Waals surface area contributed by atoms with E-state index in [-0.39, 0.29) is 23.8 Å². The highest BCUT2D eigenvalue weighted by Crippen LogP contribution is 2.22. The van der Waals surface area contributed by atoms with Crippen molar-refractivity contribution < 1.29 is 9.53 Å². The van der Waals surface area contributed by atoms with Gasteiger partial charge in [0, 0.05) is 26.1 Å². The molecular weight excluding hydrogens is 224 g/mol. The number of carbonyl (C=O) groups excluding carboxylic acids is 1. The summed E-state index contributed by atoms with van der Waals surface area (Å²) in [4.78, 5) is 14.2. The first-order chi connectivity index (χ1) is 7.43. The van der Waals surface area contributed by atoms with Crippen molar-refractivity contribution in [3.63, 3.8) is 0 Å². The van der Waals surface area contributed by atoms with Gasteiger partial charge in [-0.1, -0.05) is 19.1 Å². The van der Waals surface area contributed by atoms with Crippen molar-refractivity contribution in [1.82, 2.24) is 4.90 Å². The van der Waals surface area contributed by atoms with Crippen molar-refractivity contribution in [2.45, 2.75) is 26.4 Å². The predicted octanol–water partition coefficient (Wildman–Crippen LogP) is 0.792. The normalized spacial score (nSPS) is 26.4. The molecule has 5 heteroatoms. The Balaban J connectivity index is 2.50. The van der Waals surface area contributed by atoms with Gasteiger partial charge in [-0.15, -0.1) is 0 Å². The van der Waals surface area contributed by atoms with Crippen LogP contribution in [0.1, 0.15) is 20.3 Å². The zero-order chi connectivity index (χ0) is 12.3. The Morgan fingerprint density at radius 1 is 1.69 bits per heavy atom. The van der Waals surface area contributed by atoms with Crippen LogP contribution >= 0.6 is 12.2 Å². The third kappa shape index (κ3) is 3.15. The summed E-state index contributed by atoms with van der Waals surface area (Å²) in [5.74, 6) is 0.179. The SMILES string of the molecule is CC(CN(C)C(=O)C1CCOC1C)C(N)=S. The molecule has 16 heavy (non-hydrogen) atoms. The van der Waals surface area contributed by atoms with Crippen molar-refractivity contribution in [2.24, 2.45) is 17.6 Å². The lowest BCUT2D eigenvalue weighted by molar-refractivity contribution is -0.135. The van der Waals surface area contributed by atoms with Crippen LogP contribution in [0.5, 0.6) is 0 Å². The molecule has 3 atom stereocenters. The topological polar surface area (TPSA) is 55.6 Å². The van der Waals surface area contributed by atoms with Gasteiger partial charge in [0.25, 0.3) is 0 Å². The van der Waals surface area contributed by atoms with E-state index in [0.29, 0.717) is 18.1 Å². The Morgan fingerprint density at radius 2 is 2.31 bits per heavy atom. The van der Waals surface area contributed by atoms with Crippen molar-refractivity contribution in [3.05, 3.63) is 0 Å². The summed E-state index contributed by atoms with van der Waals surface area (Å²) >= 11 is 4.90. The number of thiocarbonyl (C=S) groups is 1. The third-order valence-electron chi connectivity index (χ3n) is 3.10. The van der Waals surface area contributed by atoms with Gasteiger partial charge in [-0.05, 0) is 13.3 Å². The Kier molecular flexibility index (Phi) is 4.68. The quantitative estimate of drug-likeness (QED) is 0.743. The monoisotopic (exact) mass is 244 g/mol. The Hall–Kier alpha value is -0.680. The van der Waals surface area contributed by atoms with Gasteiger partial charge in [-0.2, -0.15) is 0 Å². The lowest BCUT2D eigenvalue weighted by Gasteiger charge is -2.25. The van der Waals surface area contributed by atoms with Crippen molar-refractivity contribution in [3.8, 4) is 0 Å². The summed E-state index contributed by atoms with van der Waals surface area (Å²) < 4.78 is 5.39. The molecule has 0 aromatic carbocycles. The van der Waals surface area contributed by atoms with Crippen LogP contribution in [0, 0.1) is 11.8 Å². The summed E-state index contributed by atoms with van der Waals surface area (Å²) in [6, 6.07) is 0. The second-order valence-electron chi connectivity index (χ2n) is 4.49. The number of amides is 1. The molecule has 0 aliphatic carbocycles. The van der Waals surface area contributed by atoms with Gasteiger partial charge >= 0.3 is 0 Å². The number of hydrogen-bond acceptors (Lipinski definition) is 3. The average Bonchev–Trinajstić information content (AvgIpc) is 2.62. The van der Waals surface area contributed by atoms with E-state index in [1.54, 1.807) is 11.9 Å². The minimum Gasteiger partial charge on any atom is -0.393 e. The highest BCUT2D eigenvalue weighted by molar-refractivity contribution is 7.80. The molecule has 0 spiro atoms. The lowest BCUT2D eigenvalue weighted by Crippen LogP contribution is -2.40. The molecule has 1 fully saturated rings. The summed E-state index contributed by atoms with van der Waals surface area (Å²) in [5, 5.41) is 0. The van der Waals surface area contributed by atoms with Gasteiger partial charge in [0.2, 0.25) is 5.91 Å². The summed E-state index contributed by atoms with van der Waals surface area (Å²) in [6.07, 6.45) is 0.835. The molecule has 2 N–H and O–H groups in total. The molecule has 0 radical (unpaired) electrons. The molecular formula is C11H20N2O2S. The molecule has 1 rings (SSSR count). The van der Waals surface area contributed by atoms with Crippen LogP contribution in [0.25, 0.3) is 0 Å². The smallest absolute Gasteiger partial charge is 0.228 e. The molecule has 0 aromatic rings. The molecule has 1 aliphatic rings. The van der Waals surface area contributed by atoms with E-state index in [1.165, 1.54) is 0 Å². The molecule has 1 heterocycles. The van der Waals surface area contributed by atoms with Crippen molar-refractivity contribution in [2.75, 3.05) is 20.2 Å². The predicted molar refractivity (Wildman–Crippen MR) is 67.1 cm³/mol. The largest absolute Gasteiger partial charge is 0.393 e. The van der Waals surface area contributed by atoms with E-state index >= 15 is 0 Å². The second kappa shape index (κ2) is 5.59. The Labute approximate surface area is 102 Å². The fourth-order valence-electron chi connectivity index (χ4n) is 1.93. The van der Waals surface area contributed by atoms with E-state index in [2.05, 4.69) is 0 Å². The third-order valence-corrected chi connectivity index (χ3v) is 3.51. The van der Waals surface area contributed by atoms with Crippen LogP contribution in [0.2, 0.25) is 0 Å². The summed E-state index contributed by atoms with van der Waals surface area (Å²) in [7, 11) is 1.79. The highest BCUT2D eigenvalue weighted by Gasteiger charge is 2.33. The van der Waals surface area contributed by atoms with Crippen molar-refractivity contribution >= 4 is 23.1 Å². The fourth-order valence-corrected chi connectivity index (χ4v) is 2.00. The first kappa shape index (κ1) is 13.4. The maximum atomic E-state index is 12.1. The molecule has 0 aromatic heterocycles. The molecule has 4 nitrogen and oxygen atoms in total. The fraction of sp³-hybridized carbons (Fsp3) is 0.818. The molecule has 3 unspecified atom stereocenters.